The van der Waals surface area contributed by atoms with Gasteiger partial charge in [0, 0.05) is 40.8 Å². The highest BCUT2D eigenvalue weighted by molar-refractivity contribution is 14.1. The van der Waals surface area contributed by atoms with E-state index in [2.05, 4.69) is 54.1 Å². The van der Waals surface area contributed by atoms with Crippen molar-refractivity contribution in [3.63, 3.8) is 0 Å². The predicted molar refractivity (Wildman–Crippen MR) is 93.1 cm³/mol. The van der Waals surface area contributed by atoms with Gasteiger partial charge in [-0.1, -0.05) is 15.9 Å². The largest absolute Gasteiger partial charge is 0.352 e. The maximum atomic E-state index is 12.1. The zero-order valence-corrected chi connectivity index (χ0v) is 15.0. The van der Waals surface area contributed by atoms with Gasteiger partial charge in [0.1, 0.15) is 0 Å². The second kappa shape index (κ2) is 8.31. The Balaban J connectivity index is 1.73. The number of carbonyl (C=O) groups is 1. The lowest BCUT2D eigenvalue weighted by molar-refractivity contribution is 0.0950. The third-order valence-corrected chi connectivity index (χ3v) is 4.75. The number of hydrogen-bond acceptors (Lipinski definition) is 3. The van der Waals surface area contributed by atoms with Gasteiger partial charge in [0.05, 0.1) is 5.56 Å². The van der Waals surface area contributed by atoms with Crippen molar-refractivity contribution in [3.8, 4) is 0 Å². The molecule has 1 amide bonds. The zero-order chi connectivity index (χ0) is 14.4. The predicted octanol–water partition coefficient (Wildman–Crippen LogP) is 2.08. The molecule has 1 aliphatic rings. The van der Waals surface area contributed by atoms with E-state index in [0.29, 0.717) is 0 Å². The summed E-state index contributed by atoms with van der Waals surface area (Å²) < 4.78 is 1.91. The summed E-state index contributed by atoms with van der Waals surface area (Å²) in [6.07, 6.45) is 0.996. The van der Waals surface area contributed by atoms with E-state index >= 15 is 0 Å². The van der Waals surface area contributed by atoms with E-state index in [4.69, 9.17) is 0 Å². The molecule has 0 bridgehead atoms. The fourth-order valence-corrected chi connectivity index (χ4v) is 3.15. The first-order valence-corrected chi connectivity index (χ1v) is 8.70. The summed E-state index contributed by atoms with van der Waals surface area (Å²) in [4.78, 5) is 14.5. The van der Waals surface area contributed by atoms with E-state index in [-0.39, 0.29) is 5.91 Å². The van der Waals surface area contributed by atoms with Crippen molar-refractivity contribution in [3.05, 3.63) is 31.8 Å². The number of nitrogens with zero attached hydrogens (tertiary/aromatic N) is 1. The first-order valence-electron chi connectivity index (χ1n) is 6.83. The summed E-state index contributed by atoms with van der Waals surface area (Å²) in [5, 5.41) is 6.34. The van der Waals surface area contributed by atoms with Crippen molar-refractivity contribution >= 4 is 44.4 Å². The molecule has 0 saturated carbocycles. The lowest BCUT2D eigenvalue weighted by Crippen LogP contribution is -2.44. The molecule has 1 fully saturated rings. The van der Waals surface area contributed by atoms with Gasteiger partial charge in [0.2, 0.25) is 0 Å². The molecule has 1 aromatic carbocycles. The Morgan fingerprint density at radius 3 is 2.90 bits per heavy atom. The second-order valence-electron chi connectivity index (χ2n) is 4.83. The van der Waals surface area contributed by atoms with E-state index in [9.17, 15) is 4.79 Å². The van der Waals surface area contributed by atoms with Crippen LogP contribution in [0.4, 0.5) is 0 Å². The lowest BCUT2D eigenvalue weighted by atomic mass is 10.2. The fraction of sp³-hybridized carbons (Fsp3) is 0.500. The van der Waals surface area contributed by atoms with Gasteiger partial charge >= 0.3 is 0 Å². The molecule has 6 heteroatoms. The molecule has 0 atom stereocenters. The monoisotopic (exact) mass is 451 g/mol. The van der Waals surface area contributed by atoms with Gasteiger partial charge in [0.25, 0.3) is 5.91 Å². The number of rotatable bonds is 5. The highest BCUT2D eigenvalue weighted by atomic mass is 127. The van der Waals surface area contributed by atoms with Crippen LogP contribution in [0.3, 0.4) is 0 Å². The minimum absolute atomic E-state index is 0.0102. The van der Waals surface area contributed by atoms with E-state index < -0.39 is 0 Å². The molecule has 0 aromatic heterocycles. The van der Waals surface area contributed by atoms with Gasteiger partial charge in [-0.2, -0.15) is 0 Å². The van der Waals surface area contributed by atoms with Gasteiger partial charge in [-0.15, -0.1) is 0 Å². The molecule has 110 valence electrons. The molecule has 2 rings (SSSR count). The molecule has 0 radical (unpaired) electrons. The highest BCUT2D eigenvalue weighted by Gasteiger charge is 2.11. The number of piperazine rings is 1. The minimum Gasteiger partial charge on any atom is -0.352 e. The number of hydrogen-bond donors (Lipinski definition) is 2. The smallest absolute Gasteiger partial charge is 0.252 e. The number of benzene rings is 1. The molecule has 20 heavy (non-hydrogen) atoms. The Morgan fingerprint density at radius 1 is 1.40 bits per heavy atom. The highest BCUT2D eigenvalue weighted by Crippen LogP contribution is 2.18. The Hall–Kier alpha value is -0.180. The van der Waals surface area contributed by atoms with E-state index in [1.165, 1.54) is 0 Å². The maximum absolute atomic E-state index is 12.1. The first kappa shape index (κ1) is 16.2. The van der Waals surface area contributed by atoms with E-state index in [1.54, 1.807) is 0 Å². The SMILES string of the molecule is O=C(NCCCN1CCNCC1)c1cc(Br)ccc1I. The summed E-state index contributed by atoms with van der Waals surface area (Å²) in [6.45, 7) is 6.14. The van der Waals surface area contributed by atoms with Crippen molar-refractivity contribution < 1.29 is 4.79 Å². The fourth-order valence-electron chi connectivity index (χ4n) is 2.21. The molecule has 1 saturated heterocycles. The van der Waals surface area contributed by atoms with Crippen LogP contribution in [0.25, 0.3) is 0 Å². The standard InChI is InChI=1S/C14H19BrIN3O/c15-11-2-3-13(16)12(10-11)14(20)18-4-1-7-19-8-5-17-6-9-19/h2-3,10,17H,1,4-9H2,(H,18,20). The molecule has 4 nitrogen and oxygen atoms in total. The van der Waals surface area contributed by atoms with Crippen molar-refractivity contribution in [2.75, 3.05) is 39.3 Å². The Labute approximate surface area is 141 Å². The molecule has 0 spiro atoms. The topological polar surface area (TPSA) is 44.4 Å². The number of carbonyl (C=O) groups excluding carboxylic acids is 1. The van der Waals surface area contributed by atoms with Crippen LogP contribution >= 0.6 is 38.5 Å². The van der Waals surface area contributed by atoms with Crippen molar-refractivity contribution in [2.24, 2.45) is 0 Å². The van der Waals surface area contributed by atoms with Gasteiger partial charge in [-0.05, 0) is 53.8 Å². The summed E-state index contributed by atoms with van der Waals surface area (Å²) in [7, 11) is 0. The maximum Gasteiger partial charge on any atom is 0.252 e. The Kier molecular flexibility index (Phi) is 6.73. The number of nitrogens with one attached hydrogen (secondary N) is 2. The Morgan fingerprint density at radius 2 is 2.15 bits per heavy atom. The van der Waals surface area contributed by atoms with Crippen LogP contribution in [0.2, 0.25) is 0 Å². The van der Waals surface area contributed by atoms with Crippen LogP contribution < -0.4 is 10.6 Å². The summed E-state index contributed by atoms with van der Waals surface area (Å²) in [6, 6.07) is 5.76. The molecular weight excluding hydrogens is 433 g/mol. The average Bonchev–Trinajstić information content (AvgIpc) is 2.47. The number of amides is 1. The first-order chi connectivity index (χ1) is 9.66. The summed E-state index contributed by atoms with van der Waals surface area (Å²) >= 11 is 5.59. The minimum atomic E-state index is 0.0102. The van der Waals surface area contributed by atoms with Crippen LogP contribution in [0.1, 0.15) is 16.8 Å². The zero-order valence-electron chi connectivity index (χ0n) is 11.3. The van der Waals surface area contributed by atoms with E-state index in [0.717, 1.165) is 59.3 Å². The molecule has 2 N–H and O–H groups in total. The van der Waals surface area contributed by atoms with Gasteiger partial charge in [-0.25, -0.2) is 0 Å². The third-order valence-electron chi connectivity index (χ3n) is 3.32. The van der Waals surface area contributed by atoms with Crippen LogP contribution in [0.15, 0.2) is 22.7 Å². The molecule has 1 aliphatic heterocycles. The van der Waals surface area contributed by atoms with Crippen LogP contribution in [0, 0.1) is 3.57 Å². The van der Waals surface area contributed by atoms with Crippen molar-refractivity contribution in [1.82, 2.24) is 15.5 Å². The lowest BCUT2D eigenvalue weighted by Gasteiger charge is -2.27. The van der Waals surface area contributed by atoms with Crippen LogP contribution in [-0.4, -0.2) is 50.1 Å². The molecule has 0 aliphatic carbocycles. The average molecular weight is 452 g/mol. The van der Waals surface area contributed by atoms with Gasteiger partial charge in [0.15, 0.2) is 0 Å². The van der Waals surface area contributed by atoms with Gasteiger partial charge in [-0.3, -0.25) is 4.79 Å². The normalized spacial score (nSPS) is 16.1. The van der Waals surface area contributed by atoms with Gasteiger partial charge < -0.3 is 15.5 Å². The summed E-state index contributed by atoms with van der Waals surface area (Å²) in [5.41, 5.74) is 0.738. The second-order valence-corrected chi connectivity index (χ2v) is 6.90. The van der Waals surface area contributed by atoms with Crippen LogP contribution in [0.5, 0.6) is 0 Å². The van der Waals surface area contributed by atoms with E-state index in [1.807, 2.05) is 18.2 Å². The third kappa shape index (κ3) is 4.98. The van der Waals surface area contributed by atoms with Crippen molar-refractivity contribution in [2.45, 2.75) is 6.42 Å². The Bertz CT molecular complexity index is 464. The van der Waals surface area contributed by atoms with Crippen LogP contribution in [-0.2, 0) is 0 Å². The molecule has 1 aromatic rings. The molecule has 0 unspecified atom stereocenters. The number of halogens is 2. The quantitative estimate of drug-likeness (QED) is 0.532. The van der Waals surface area contributed by atoms with Crippen molar-refractivity contribution in [1.29, 1.82) is 0 Å². The molecular formula is C14H19BrIN3O. The summed E-state index contributed by atoms with van der Waals surface area (Å²) in [5.74, 6) is 0.0102. The molecule has 1 heterocycles.